The molecule has 1 N–H and O–H groups in total. The normalized spacial score (nSPS) is 14.1. The number of benzene rings is 2. The van der Waals surface area contributed by atoms with E-state index in [9.17, 15) is 18.8 Å². The molecule has 1 aliphatic rings. The summed E-state index contributed by atoms with van der Waals surface area (Å²) in [4.78, 5) is 38.0. The number of nitrogens with zero attached hydrogens (tertiary/aromatic N) is 1. The van der Waals surface area contributed by atoms with Crippen LogP contribution in [0.25, 0.3) is 0 Å². The molecule has 1 fully saturated rings. The smallest absolute Gasteiger partial charge is 0.434 e. The molecule has 31 heavy (non-hydrogen) atoms. The Balaban J connectivity index is 1.44. The molecule has 7 nitrogen and oxygen atoms in total. The van der Waals surface area contributed by atoms with Gasteiger partial charge in [0.05, 0.1) is 13.0 Å². The molecule has 1 heterocycles. The first-order chi connectivity index (χ1) is 14.9. The standard InChI is InChI=1S/C23H25FN2O5/c1-2-30-23(29)31-20-9-5-17(6-10-20)22(28)25-19-11-13-26(14-12-19)21(27)15-16-3-7-18(24)8-4-16/h3-10,19H,2,11-15H2,1H3,(H,25,28). The SMILES string of the molecule is CCOC(=O)Oc1ccc(C(=O)NC2CCN(C(=O)Cc3ccc(F)cc3)CC2)cc1. The van der Waals surface area contributed by atoms with Gasteiger partial charge in [0.2, 0.25) is 5.91 Å². The first-order valence-corrected chi connectivity index (χ1v) is 10.2. The second kappa shape index (κ2) is 10.6. The molecular formula is C23H25FN2O5. The average molecular weight is 428 g/mol. The summed E-state index contributed by atoms with van der Waals surface area (Å²) in [5.74, 6) is -0.260. The van der Waals surface area contributed by atoms with E-state index >= 15 is 0 Å². The molecule has 164 valence electrons. The van der Waals surface area contributed by atoms with Crippen molar-refractivity contribution in [2.45, 2.75) is 32.2 Å². The largest absolute Gasteiger partial charge is 0.513 e. The predicted octanol–water partition coefficient (Wildman–Crippen LogP) is 3.32. The number of ether oxygens (including phenoxy) is 2. The number of rotatable bonds is 6. The van der Waals surface area contributed by atoms with E-state index in [2.05, 4.69) is 5.32 Å². The summed E-state index contributed by atoms with van der Waals surface area (Å²) in [6.07, 6.45) is 0.758. The molecule has 2 aromatic rings. The topological polar surface area (TPSA) is 84.9 Å². The Kier molecular flexibility index (Phi) is 7.59. The molecule has 1 saturated heterocycles. The minimum absolute atomic E-state index is 0.00595. The Morgan fingerprint density at radius 3 is 2.29 bits per heavy atom. The van der Waals surface area contributed by atoms with Crippen LogP contribution < -0.4 is 10.1 Å². The Bertz CT molecular complexity index is 907. The van der Waals surface area contributed by atoms with Crippen molar-refractivity contribution in [1.82, 2.24) is 10.2 Å². The predicted molar refractivity (Wildman–Crippen MR) is 111 cm³/mol. The first-order valence-electron chi connectivity index (χ1n) is 10.2. The maximum absolute atomic E-state index is 13.0. The lowest BCUT2D eigenvalue weighted by molar-refractivity contribution is -0.131. The van der Waals surface area contributed by atoms with Gasteiger partial charge >= 0.3 is 6.16 Å². The fourth-order valence-electron chi connectivity index (χ4n) is 3.35. The number of piperidine rings is 1. The second-order valence-corrected chi connectivity index (χ2v) is 7.24. The molecule has 8 heteroatoms. The quantitative estimate of drug-likeness (QED) is 0.564. The van der Waals surface area contributed by atoms with Crippen LogP contribution in [0.1, 0.15) is 35.7 Å². The van der Waals surface area contributed by atoms with Crippen LogP contribution in [0.4, 0.5) is 9.18 Å². The number of hydrogen-bond donors (Lipinski definition) is 1. The van der Waals surface area contributed by atoms with Crippen LogP contribution in [-0.4, -0.2) is 48.6 Å². The number of carbonyl (C=O) groups is 3. The molecular weight excluding hydrogens is 403 g/mol. The Hall–Kier alpha value is -3.42. The van der Waals surface area contributed by atoms with Crippen LogP contribution in [0.2, 0.25) is 0 Å². The third kappa shape index (κ3) is 6.53. The van der Waals surface area contributed by atoms with Gasteiger partial charge in [0, 0.05) is 24.7 Å². The van der Waals surface area contributed by atoms with Crippen molar-refractivity contribution in [3.63, 3.8) is 0 Å². The molecule has 0 bridgehead atoms. The molecule has 0 aromatic heterocycles. The van der Waals surface area contributed by atoms with Gasteiger partial charge < -0.3 is 19.7 Å². The van der Waals surface area contributed by atoms with Gasteiger partial charge in [0.25, 0.3) is 5.91 Å². The molecule has 0 atom stereocenters. The van der Waals surface area contributed by atoms with E-state index < -0.39 is 6.16 Å². The summed E-state index contributed by atoms with van der Waals surface area (Å²) in [7, 11) is 0. The van der Waals surface area contributed by atoms with Gasteiger partial charge in [-0.25, -0.2) is 9.18 Å². The lowest BCUT2D eigenvalue weighted by atomic mass is 10.0. The van der Waals surface area contributed by atoms with Crippen LogP contribution in [0.5, 0.6) is 5.75 Å². The number of amides is 2. The van der Waals surface area contributed by atoms with Crippen molar-refractivity contribution >= 4 is 18.0 Å². The van der Waals surface area contributed by atoms with Crippen LogP contribution in [-0.2, 0) is 16.0 Å². The number of likely N-dealkylation sites (tertiary alicyclic amines) is 1. The molecule has 3 rings (SSSR count). The van der Waals surface area contributed by atoms with E-state index in [1.807, 2.05) is 0 Å². The second-order valence-electron chi connectivity index (χ2n) is 7.24. The maximum atomic E-state index is 13.0. The molecule has 2 aromatic carbocycles. The third-order valence-corrected chi connectivity index (χ3v) is 5.03. The summed E-state index contributed by atoms with van der Waals surface area (Å²) in [6, 6.07) is 12.1. The van der Waals surface area contributed by atoms with Crippen molar-refractivity contribution < 1.29 is 28.2 Å². The van der Waals surface area contributed by atoms with Crippen LogP contribution in [0.3, 0.4) is 0 Å². The number of carbonyl (C=O) groups excluding carboxylic acids is 3. The summed E-state index contributed by atoms with van der Waals surface area (Å²) in [5.41, 5.74) is 1.23. The van der Waals surface area contributed by atoms with E-state index in [0.29, 0.717) is 37.2 Å². The van der Waals surface area contributed by atoms with E-state index in [1.165, 1.54) is 24.3 Å². The zero-order chi connectivity index (χ0) is 22.2. The van der Waals surface area contributed by atoms with Gasteiger partial charge in [0.1, 0.15) is 11.6 Å². The van der Waals surface area contributed by atoms with Gasteiger partial charge in [-0.2, -0.15) is 0 Å². The van der Waals surface area contributed by atoms with Crippen LogP contribution in [0, 0.1) is 5.82 Å². The third-order valence-electron chi connectivity index (χ3n) is 5.03. The highest BCUT2D eigenvalue weighted by Crippen LogP contribution is 2.16. The highest BCUT2D eigenvalue weighted by atomic mass is 19.1. The van der Waals surface area contributed by atoms with E-state index in [4.69, 9.17) is 9.47 Å². The zero-order valence-electron chi connectivity index (χ0n) is 17.3. The van der Waals surface area contributed by atoms with E-state index in [0.717, 1.165) is 5.56 Å². The van der Waals surface area contributed by atoms with Crippen molar-refractivity contribution in [2.24, 2.45) is 0 Å². The lowest BCUT2D eigenvalue weighted by Gasteiger charge is -2.32. The first kappa shape index (κ1) is 22.3. The Morgan fingerprint density at radius 2 is 1.68 bits per heavy atom. The highest BCUT2D eigenvalue weighted by Gasteiger charge is 2.24. The van der Waals surface area contributed by atoms with Gasteiger partial charge in [-0.05, 0) is 61.7 Å². The van der Waals surface area contributed by atoms with Gasteiger partial charge in [-0.15, -0.1) is 0 Å². The van der Waals surface area contributed by atoms with Crippen LogP contribution in [0.15, 0.2) is 48.5 Å². The van der Waals surface area contributed by atoms with E-state index in [1.54, 1.807) is 36.1 Å². The summed E-state index contributed by atoms with van der Waals surface area (Å²) in [5, 5.41) is 2.98. The van der Waals surface area contributed by atoms with Crippen molar-refractivity contribution in [3.8, 4) is 5.75 Å². The van der Waals surface area contributed by atoms with Crippen molar-refractivity contribution in [1.29, 1.82) is 0 Å². The van der Waals surface area contributed by atoms with Crippen LogP contribution >= 0.6 is 0 Å². The van der Waals surface area contributed by atoms with Crippen molar-refractivity contribution in [3.05, 3.63) is 65.5 Å². The molecule has 0 saturated carbocycles. The number of hydrogen-bond acceptors (Lipinski definition) is 5. The van der Waals surface area contributed by atoms with E-state index in [-0.39, 0.29) is 36.7 Å². The highest BCUT2D eigenvalue weighted by molar-refractivity contribution is 5.94. The zero-order valence-corrected chi connectivity index (χ0v) is 17.3. The number of nitrogens with one attached hydrogen (secondary N) is 1. The molecule has 0 spiro atoms. The van der Waals surface area contributed by atoms with Crippen molar-refractivity contribution in [2.75, 3.05) is 19.7 Å². The molecule has 0 radical (unpaired) electrons. The Morgan fingerprint density at radius 1 is 1.03 bits per heavy atom. The summed E-state index contributed by atoms with van der Waals surface area (Å²) < 4.78 is 22.7. The van der Waals surface area contributed by atoms with Gasteiger partial charge in [-0.1, -0.05) is 12.1 Å². The average Bonchev–Trinajstić information content (AvgIpc) is 2.76. The summed E-state index contributed by atoms with van der Waals surface area (Å²) >= 11 is 0. The molecule has 0 unspecified atom stereocenters. The van der Waals surface area contributed by atoms with Gasteiger partial charge in [0.15, 0.2) is 0 Å². The molecule has 2 amide bonds. The molecule has 0 aliphatic carbocycles. The minimum atomic E-state index is -0.791. The maximum Gasteiger partial charge on any atom is 0.513 e. The molecule has 1 aliphatic heterocycles. The minimum Gasteiger partial charge on any atom is -0.434 e. The van der Waals surface area contributed by atoms with Gasteiger partial charge in [-0.3, -0.25) is 9.59 Å². The summed E-state index contributed by atoms with van der Waals surface area (Å²) in [6.45, 7) is 3.01. The fraction of sp³-hybridized carbons (Fsp3) is 0.348. The fourth-order valence-corrected chi connectivity index (χ4v) is 3.35. The Labute approximate surface area is 180 Å². The monoisotopic (exact) mass is 428 g/mol. The number of halogens is 1. The lowest BCUT2D eigenvalue weighted by Crippen LogP contribution is -2.47.